The Morgan fingerprint density at radius 2 is 2.24 bits per heavy atom. The Balaban J connectivity index is 2.44. The van der Waals surface area contributed by atoms with E-state index in [1.54, 1.807) is 11.8 Å². The van der Waals surface area contributed by atoms with Crippen LogP contribution in [-0.2, 0) is 0 Å². The molecular formula is C12H25N3OS. The predicted octanol–water partition coefficient (Wildman–Crippen LogP) is 1.07. The van der Waals surface area contributed by atoms with Gasteiger partial charge in [0.15, 0.2) is 5.96 Å². The van der Waals surface area contributed by atoms with Crippen molar-refractivity contribution in [3.05, 3.63) is 0 Å². The van der Waals surface area contributed by atoms with Gasteiger partial charge in [0.2, 0.25) is 0 Å². The molecule has 1 aliphatic rings. The van der Waals surface area contributed by atoms with Crippen molar-refractivity contribution in [3.63, 3.8) is 0 Å². The van der Waals surface area contributed by atoms with Crippen LogP contribution in [0.1, 0.15) is 27.2 Å². The number of guanidine groups is 1. The minimum Gasteiger partial charge on any atom is -0.387 e. The lowest BCUT2D eigenvalue weighted by molar-refractivity contribution is 0.0778. The van der Waals surface area contributed by atoms with E-state index in [0.29, 0.717) is 12.5 Å². The molecule has 0 aliphatic carbocycles. The van der Waals surface area contributed by atoms with Crippen molar-refractivity contribution in [2.75, 3.05) is 31.1 Å². The maximum atomic E-state index is 10.2. The van der Waals surface area contributed by atoms with Gasteiger partial charge in [0.05, 0.1) is 12.1 Å². The third kappa shape index (κ3) is 5.64. The first kappa shape index (κ1) is 14.6. The van der Waals surface area contributed by atoms with Gasteiger partial charge >= 0.3 is 0 Å². The molecule has 17 heavy (non-hydrogen) atoms. The standard InChI is InChI=1S/C12H25N3OS/c1-4-13-11(14-7-10(2)3)15-8-12(16)5-6-17-9-12/h10,16H,4-9H2,1-3H3,(H2,13,14,15). The highest BCUT2D eigenvalue weighted by atomic mass is 32.2. The van der Waals surface area contributed by atoms with Crippen LogP contribution in [0.15, 0.2) is 4.99 Å². The summed E-state index contributed by atoms with van der Waals surface area (Å²) in [5, 5.41) is 16.7. The zero-order valence-electron chi connectivity index (χ0n) is 11.1. The molecule has 100 valence electrons. The highest BCUT2D eigenvalue weighted by molar-refractivity contribution is 7.99. The summed E-state index contributed by atoms with van der Waals surface area (Å²) in [5.74, 6) is 3.25. The van der Waals surface area contributed by atoms with Gasteiger partial charge in [-0.1, -0.05) is 13.8 Å². The summed E-state index contributed by atoms with van der Waals surface area (Å²) in [6.45, 7) is 8.62. The number of aliphatic imine (C=N–C) groups is 1. The molecule has 4 nitrogen and oxygen atoms in total. The number of nitrogens with zero attached hydrogens (tertiary/aromatic N) is 1. The highest BCUT2D eigenvalue weighted by Gasteiger charge is 2.31. The molecule has 5 heteroatoms. The average Bonchev–Trinajstić information content (AvgIpc) is 2.70. The summed E-state index contributed by atoms with van der Waals surface area (Å²) in [6, 6.07) is 0. The molecule has 1 atom stereocenters. The van der Waals surface area contributed by atoms with E-state index in [4.69, 9.17) is 0 Å². The SMILES string of the molecule is CCNC(=NCC1(O)CCSC1)NCC(C)C. The van der Waals surface area contributed by atoms with Crippen LogP contribution in [0.25, 0.3) is 0 Å². The Kier molecular flexibility index (Phi) is 6.12. The highest BCUT2D eigenvalue weighted by Crippen LogP contribution is 2.27. The van der Waals surface area contributed by atoms with E-state index in [1.807, 2.05) is 6.92 Å². The van der Waals surface area contributed by atoms with Crippen LogP contribution < -0.4 is 10.6 Å². The zero-order chi connectivity index (χ0) is 12.7. The Labute approximate surface area is 109 Å². The topological polar surface area (TPSA) is 56.7 Å². The number of thioether (sulfide) groups is 1. The van der Waals surface area contributed by atoms with Gasteiger partial charge in [-0.2, -0.15) is 11.8 Å². The molecule has 0 radical (unpaired) electrons. The molecule has 3 N–H and O–H groups in total. The van der Waals surface area contributed by atoms with Crippen LogP contribution in [0.2, 0.25) is 0 Å². The molecule has 0 aromatic carbocycles. The van der Waals surface area contributed by atoms with Gasteiger partial charge in [-0.05, 0) is 25.0 Å². The molecule has 0 amide bonds. The second-order valence-corrected chi connectivity index (χ2v) is 6.10. The maximum Gasteiger partial charge on any atom is 0.191 e. The van der Waals surface area contributed by atoms with Gasteiger partial charge < -0.3 is 15.7 Å². The quantitative estimate of drug-likeness (QED) is 0.510. The van der Waals surface area contributed by atoms with Crippen LogP contribution in [0.5, 0.6) is 0 Å². The van der Waals surface area contributed by atoms with Crippen molar-refractivity contribution >= 4 is 17.7 Å². The van der Waals surface area contributed by atoms with Crippen LogP contribution in [0, 0.1) is 5.92 Å². The van der Waals surface area contributed by atoms with Gasteiger partial charge in [-0.3, -0.25) is 4.99 Å². The second kappa shape index (κ2) is 7.11. The van der Waals surface area contributed by atoms with Gasteiger partial charge in [0.1, 0.15) is 0 Å². The molecule has 0 aromatic rings. The first-order chi connectivity index (χ1) is 8.06. The van der Waals surface area contributed by atoms with Crippen molar-refractivity contribution in [2.45, 2.75) is 32.8 Å². The largest absolute Gasteiger partial charge is 0.387 e. The second-order valence-electron chi connectivity index (χ2n) is 5.00. The van der Waals surface area contributed by atoms with Gasteiger partial charge in [0, 0.05) is 18.8 Å². The van der Waals surface area contributed by atoms with Crippen LogP contribution in [0.3, 0.4) is 0 Å². The first-order valence-corrected chi connectivity index (χ1v) is 7.53. The van der Waals surface area contributed by atoms with Crippen LogP contribution in [-0.4, -0.2) is 47.8 Å². The summed E-state index contributed by atoms with van der Waals surface area (Å²) in [7, 11) is 0. The number of hydrogen-bond donors (Lipinski definition) is 3. The molecule has 1 saturated heterocycles. The fourth-order valence-corrected chi connectivity index (χ4v) is 2.87. The fourth-order valence-electron chi connectivity index (χ4n) is 1.59. The van der Waals surface area contributed by atoms with Gasteiger partial charge in [0.25, 0.3) is 0 Å². The number of aliphatic hydroxyl groups is 1. The Hall–Kier alpha value is -0.420. The van der Waals surface area contributed by atoms with Crippen molar-refractivity contribution < 1.29 is 5.11 Å². The molecule has 1 fully saturated rings. The lowest BCUT2D eigenvalue weighted by atomic mass is 10.1. The van der Waals surface area contributed by atoms with Gasteiger partial charge in [-0.25, -0.2) is 0 Å². The molecule has 0 spiro atoms. The third-order valence-electron chi connectivity index (χ3n) is 2.64. The molecule has 1 aliphatic heterocycles. The maximum absolute atomic E-state index is 10.2. The van der Waals surface area contributed by atoms with E-state index in [-0.39, 0.29) is 0 Å². The van der Waals surface area contributed by atoms with Crippen molar-refractivity contribution in [1.29, 1.82) is 0 Å². The molecule has 1 rings (SSSR count). The summed E-state index contributed by atoms with van der Waals surface area (Å²) in [4.78, 5) is 4.47. The summed E-state index contributed by atoms with van der Waals surface area (Å²) >= 11 is 1.80. The molecule has 1 heterocycles. The molecular weight excluding hydrogens is 234 g/mol. The predicted molar refractivity (Wildman–Crippen MR) is 75.7 cm³/mol. The normalized spacial score (nSPS) is 25.4. The van der Waals surface area contributed by atoms with E-state index in [9.17, 15) is 5.11 Å². The molecule has 0 aromatic heterocycles. The summed E-state index contributed by atoms with van der Waals surface area (Å²) in [6.07, 6.45) is 0.852. The Morgan fingerprint density at radius 3 is 2.76 bits per heavy atom. The third-order valence-corrected chi connectivity index (χ3v) is 3.87. The lowest BCUT2D eigenvalue weighted by Gasteiger charge is -2.20. The minimum atomic E-state index is -0.592. The summed E-state index contributed by atoms with van der Waals surface area (Å²) in [5.41, 5.74) is -0.592. The number of nitrogens with one attached hydrogen (secondary N) is 2. The molecule has 1 unspecified atom stereocenters. The smallest absolute Gasteiger partial charge is 0.191 e. The minimum absolute atomic E-state index is 0.493. The number of rotatable bonds is 5. The fraction of sp³-hybridized carbons (Fsp3) is 0.917. The Bertz CT molecular complexity index is 250. The van der Waals surface area contributed by atoms with Crippen LogP contribution >= 0.6 is 11.8 Å². The van der Waals surface area contributed by atoms with Crippen molar-refractivity contribution in [1.82, 2.24) is 10.6 Å². The monoisotopic (exact) mass is 259 g/mol. The van der Waals surface area contributed by atoms with Crippen molar-refractivity contribution in [2.24, 2.45) is 10.9 Å². The average molecular weight is 259 g/mol. The number of hydrogen-bond acceptors (Lipinski definition) is 3. The van der Waals surface area contributed by atoms with Gasteiger partial charge in [-0.15, -0.1) is 0 Å². The van der Waals surface area contributed by atoms with E-state index in [1.165, 1.54) is 0 Å². The summed E-state index contributed by atoms with van der Waals surface area (Å²) < 4.78 is 0. The van der Waals surface area contributed by atoms with E-state index >= 15 is 0 Å². The van der Waals surface area contributed by atoms with Crippen molar-refractivity contribution in [3.8, 4) is 0 Å². The molecule has 0 bridgehead atoms. The lowest BCUT2D eigenvalue weighted by Crippen LogP contribution is -2.41. The first-order valence-electron chi connectivity index (χ1n) is 6.38. The van der Waals surface area contributed by atoms with Crippen LogP contribution in [0.4, 0.5) is 0 Å². The Morgan fingerprint density at radius 1 is 1.47 bits per heavy atom. The van der Waals surface area contributed by atoms with E-state index in [2.05, 4.69) is 29.5 Å². The van der Waals surface area contributed by atoms with E-state index in [0.717, 1.165) is 37.0 Å². The van der Waals surface area contributed by atoms with E-state index < -0.39 is 5.60 Å². The molecule has 0 saturated carbocycles. The zero-order valence-corrected chi connectivity index (χ0v) is 11.9.